The van der Waals surface area contributed by atoms with Gasteiger partial charge in [0.2, 0.25) is 0 Å². The average molecular weight is 399 g/mol. The van der Waals surface area contributed by atoms with E-state index in [4.69, 9.17) is 9.47 Å². The molecular formula is C18H20F3N3O4. The number of esters is 1. The van der Waals surface area contributed by atoms with Crippen molar-refractivity contribution >= 4 is 28.6 Å². The highest BCUT2D eigenvalue weighted by atomic mass is 19.4. The number of anilines is 1. The van der Waals surface area contributed by atoms with Crippen molar-refractivity contribution in [3.63, 3.8) is 0 Å². The number of hydrogen-bond acceptors (Lipinski definition) is 4. The first-order valence-electron chi connectivity index (χ1n) is 8.50. The molecule has 152 valence electrons. The van der Waals surface area contributed by atoms with Crippen molar-refractivity contribution in [2.24, 2.45) is 0 Å². The number of H-pyrrole nitrogens is 1. The van der Waals surface area contributed by atoms with E-state index >= 15 is 0 Å². The zero-order chi connectivity index (χ0) is 20.7. The van der Waals surface area contributed by atoms with Crippen LogP contribution in [0.15, 0.2) is 24.4 Å². The molecule has 2 heterocycles. The molecule has 28 heavy (non-hydrogen) atoms. The van der Waals surface area contributed by atoms with Crippen molar-refractivity contribution in [1.29, 1.82) is 0 Å². The van der Waals surface area contributed by atoms with Crippen LogP contribution in [0.25, 0.3) is 10.9 Å². The van der Waals surface area contributed by atoms with Crippen LogP contribution in [-0.4, -0.2) is 60.0 Å². The van der Waals surface area contributed by atoms with E-state index in [0.29, 0.717) is 10.9 Å². The predicted molar refractivity (Wildman–Crippen MR) is 95.2 cm³/mol. The van der Waals surface area contributed by atoms with Crippen molar-refractivity contribution in [2.75, 3.05) is 25.5 Å². The highest BCUT2D eigenvalue weighted by Crippen LogP contribution is 2.32. The third kappa shape index (κ3) is 4.06. The van der Waals surface area contributed by atoms with Crippen LogP contribution in [0.1, 0.15) is 24.2 Å². The monoisotopic (exact) mass is 399 g/mol. The number of rotatable bonds is 2. The standard InChI is InChI=1S/C18H20F3N3O4/c1-17(2)9-24(8-14(28-17)18(19,20)21)16(26)23-10-6-12(15(25)27-3)11-4-5-22-13(11)7-10/h4-7,14,22H,8-9H2,1-3H3,(H,23,26). The molecule has 10 heteroatoms. The number of methoxy groups -OCH3 is 1. The normalized spacial score (nSPS) is 19.5. The molecule has 0 aliphatic carbocycles. The lowest BCUT2D eigenvalue weighted by Crippen LogP contribution is -2.59. The molecule has 3 rings (SSSR count). The molecule has 1 aromatic heterocycles. The summed E-state index contributed by atoms with van der Waals surface area (Å²) < 4.78 is 49.2. The third-order valence-electron chi connectivity index (χ3n) is 4.40. The molecule has 1 aliphatic rings. The van der Waals surface area contributed by atoms with Gasteiger partial charge in [-0.25, -0.2) is 9.59 Å². The molecule has 7 nitrogen and oxygen atoms in total. The summed E-state index contributed by atoms with van der Waals surface area (Å²) >= 11 is 0. The van der Waals surface area contributed by atoms with Gasteiger partial charge < -0.3 is 24.7 Å². The van der Waals surface area contributed by atoms with Gasteiger partial charge in [-0.1, -0.05) is 0 Å². The van der Waals surface area contributed by atoms with E-state index in [-0.39, 0.29) is 17.8 Å². The number of ether oxygens (including phenoxy) is 2. The van der Waals surface area contributed by atoms with E-state index in [1.807, 2.05) is 0 Å². The van der Waals surface area contributed by atoms with Crippen molar-refractivity contribution in [2.45, 2.75) is 31.7 Å². The molecule has 0 bridgehead atoms. The molecule has 1 atom stereocenters. The maximum atomic E-state index is 13.1. The number of carbonyl (C=O) groups excluding carboxylic acids is 2. The SMILES string of the molecule is COC(=O)c1cc(NC(=O)N2CC(C(F)(F)F)OC(C)(C)C2)cc2[nH]ccc12. The summed E-state index contributed by atoms with van der Waals surface area (Å²) in [7, 11) is 1.24. The Morgan fingerprint density at radius 2 is 2.07 bits per heavy atom. The number of urea groups is 1. The molecule has 2 aromatic rings. The van der Waals surface area contributed by atoms with Gasteiger partial charge in [0.1, 0.15) is 0 Å². The zero-order valence-corrected chi connectivity index (χ0v) is 15.5. The lowest BCUT2D eigenvalue weighted by atomic mass is 10.1. The molecule has 2 N–H and O–H groups in total. The van der Waals surface area contributed by atoms with Gasteiger partial charge in [-0.3, -0.25) is 0 Å². The number of aromatic nitrogens is 1. The van der Waals surface area contributed by atoms with Gasteiger partial charge >= 0.3 is 18.2 Å². The molecule has 1 saturated heterocycles. The first-order valence-corrected chi connectivity index (χ1v) is 8.50. The van der Waals surface area contributed by atoms with Crippen LogP contribution in [0.5, 0.6) is 0 Å². The van der Waals surface area contributed by atoms with Gasteiger partial charge in [-0.2, -0.15) is 13.2 Å². The fourth-order valence-corrected chi connectivity index (χ4v) is 3.23. The number of halogens is 3. The van der Waals surface area contributed by atoms with Crippen LogP contribution < -0.4 is 5.32 Å². The van der Waals surface area contributed by atoms with Gasteiger partial charge in [0.05, 0.1) is 31.4 Å². The highest BCUT2D eigenvalue weighted by molar-refractivity contribution is 6.06. The van der Waals surface area contributed by atoms with E-state index in [2.05, 4.69) is 10.3 Å². The minimum absolute atomic E-state index is 0.0139. The van der Waals surface area contributed by atoms with Crippen LogP contribution in [-0.2, 0) is 9.47 Å². The first kappa shape index (κ1) is 20.0. The topological polar surface area (TPSA) is 83.7 Å². The van der Waals surface area contributed by atoms with Gasteiger partial charge in [-0.05, 0) is 32.0 Å². The molecule has 1 unspecified atom stereocenters. The van der Waals surface area contributed by atoms with Crippen LogP contribution in [0.4, 0.5) is 23.7 Å². The summed E-state index contributed by atoms with van der Waals surface area (Å²) in [6.07, 6.45) is -5.03. The van der Waals surface area contributed by atoms with Gasteiger partial charge in [0.15, 0.2) is 6.10 Å². The summed E-state index contributed by atoms with van der Waals surface area (Å²) in [6.45, 7) is 2.35. The largest absolute Gasteiger partial charge is 0.465 e. The third-order valence-corrected chi connectivity index (χ3v) is 4.40. The fourth-order valence-electron chi connectivity index (χ4n) is 3.23. The van der Waals surface area contributed by atoms with Crippen LogP contribution in [0.2, 0.25) is 0 Å². The second-order valence-corrected chi connectivity index (χ2v) is 7.17. The second kappa shape index (κ2) is 7.01. The molecule has 2 amide bonds. The number of morpholine rings is 1. The molecule has 1 fully saturated rings. The lowest BCUT2D eigenvalue weighted by Gasteiger charge is -2.43. The number of benzene rings is 1. The van der Waals surface area contributed by atoms with E-state index in [9.17, 15) is 22.8 Å². The van der Waals surface area contributed by atoms with Crippen molar-refractivity contribution in [1.82, 2.24) is 9.88 Å². The maximum absolute atomic E-state index is 13.1. The zero-order valence-electron chi connectivity index (χ0n) is 15.5. The fraction of sp³-hybridized carbons (Fsp3) is 0.444. The maximum Gasteiger partial charge on any atom is 0.416 e. The van der Waals surface area contributed by atoms with E-state index in [1.54, 1.807) is 18.3 Å². The van der Waals surface area contributed by atoms with Crippen LogP contribution in [0, 0.1) is 0 Å². The summed E-state index contributed by atoms with van der Waals surface area (Å²) in [6, 6.07) is 3.98. The molecule has 1 aromatic carbocycles. The number of alkyl halides is 3. The van der Waals surface area contributed by atoms with E-state index < -0.39 is 36.4 Å². The van der Waals surface area contributed by atoms with Gasteiger partial charge in [0.25, 0.3) is 0 Å². The van der Waals surface area contributed by atoms with Crippen molar-refractivity contribution in [3.05, 3.63) is 30.0 Å². The Kier molecular flexibility index (Phi) is 5.00. The average Bonchev–Trinajstić information content (AvgIpc) is 3.06. The summed E-state index contributed by atoms with van der Waals surface area (Å²) in [4.78, 5) is 28.6. The van der Waals surface area contributed by atoms with E-state index in [1.165, 1.54) is 27.0 Å². The van der Waals surface area contributed by atoms with Gasteiger partial charge in [0, 0.05) is 22.8 Å². The molecule has 0 saturated carbocycles. The number of nitrogens with one attached hydrogen (secondary N) is 2. The Balaban J connectivity index is 1.85. The smallest absolute Gasteiger partial charge is 0.416 e. The summed E-state index contributed by atoms with van der Waals surface area (Å²) in [5.74, 6) is -0.592. The highest BCUT2D eigenvalue weighted by Gasteiger charge is 2.49. The Morgan fingerprint density at radius 1 is 1.36 bits per heavy atom. The quantitative estimate of drug-likeness (QED) is 0.757. The number of hydrogen-bond donors (Lipinski definition) is 2. The van der Waals surface area contributed by atoms with Gasteiger partial charge in [-0.15, -0.1) is 0 Å². The first-order chi connectivity index (χ1) is 13.0. The Labute approximate surface area is 158 Å². The van der Waals surface area contributed by atoms with Crippen molar-refractivity contribution < 1.29 is 32.2 Å². The molecule has 0 radical (unpaired) electrons. The Morgan fingerprint density at radius 3 is 2.71 bits per heavy atom. The summed E-state index contributed by atoms with van der Waals surface area (Å²) in [5.41, 5.74) is -0.0926. The molecule has 0 spiro atoms. The Bertz CT molecular complexity index is 907. The van der Waals surface area contributed by atoms with Crippen LogP contribution in [0.3, 0.4) is 0 Å². The Hall–Kier alpha value is -2.75. The number of aromatic amines is 1. The van der Waals surface area contributed by atoms with E-state index in [0.717, 1.165) is 4.90 Å². The lowest BCUT2D eigenvalue weighted by molar-refractivity contribution is -0.267. The molecular weight excluding hydrogens is 379 g/mol. The molecule has 1 aliphatic heterocycles. The van der Waals surface area contributed by atoms with Crippen LogP contribution >= 0.6 is 0 Å². The number of nitrogens with zero attached hydrogens (tertiary/aromatic N) is 1. The number of carbonyl (C=O) groups is 2. The second-order valence-electron chi connectivity index (χ2n) is 7.17. The minimum Gasteiger partial charge on any atom is -0.465 e. The number of fused-ring (bicyclic) bond motifs is 1. The predicted octanol–water partition coefficient (Wildman–Crippen LogP) is 3.53. The summed E-state index contributed by atoms with van der Waals surface area (Å²) in [5, 5.41) is 3.17. The van der Waals surface area contributed by atoms with Crippen molar-refractivity contribution in [3.8, 4) is 0 Å². The minimum atomic E-state index is -4.59. The number of amides is 2.